The third-order valence-electron chi connectivity index (χ3n) is 5.82. The van der Waals surface area contributed by atoms with E-state index in [4.69, 9.17) is 16.6 Å². The fourth-order valence-electron chi connectivity index (χ4n) is 3.96. The number of aryl methyl sites for hydroxylation is 1. The number of likely N-dealkylation sites (N-methyl/N-ethyl adjacent to an activating group) is 1. The maximum absolute atomic E-state index is 13.5. The van der Waals surface area contributed by atoms with Crippen molar-refractivity contribution in [3.05, 3.63) is 63.4 Å². The summed E-state index contributed by atoms with van der Waals surface area (Å²) in [4.78, 5) is 35.6. The van der Waals surface area contributed by atoms with Gasteiger partial charge >= 0.3 is 0 Å². The zero-order chi connectivity index (χ0) is 22.8. The third-order valence-corrected chi connectivity index (χ3v) is 7.10. The van der Waals surface area contributed by atoms with Crippen molar-refractivity contribution in [3.8, 4) is 5.69 Å². The summed E-state index contributed by atoms with van der Waals surface area (Å²) in [6.07, 6.45) is 0. The molecule has 1 atom stereocenters. The number of hydrogen-bond acceptors (Lipinski definition) is 5. The molecule has 1 unspecified atom stereocenters. The monoisotopic (exact) mass is 470 g/mol. The van der Waals surface area contributed by atoms with E-state index in [0.717, 1.165) is 44.0 Å². The van der Waals surface area contributed by atoms with Crippen LogP contribution in [0.2, 0.25) is 5.02 Å². The summed E-state index contributed by atoms with van der Waals surface area (Å²) < 4.78 is 1.60. The van der Waals surface area contributed by atoms with Gasteiger partial charge in [-0.1, -0.05) is 42.4 Å². The number of hydrogen-bond donors (Lipinski definition) is 0. The molecule has 0 spiro atoms. The number of fused-ring (bicyclic) bond motifs is 1. The van der Waals surface area contributed by atoms with Gasteiger partial charge in [-0.25, -0.2) is 4.98 Å². The number of rotatable bonds is 5. The first-order valence-corrected chi connectivity index (χ1v) is 12.1. The second kappa shape index (κ2) is 9.65. The van der Waals surface area contributed by atoms with E-state index in [1.807, 2.05) is 43.0 Å². The Bertz CT molecular complexity index is 1200. The number of amides is 1. The second-order valence-corrected chi connectivity index (χ2v) is 9.80. The Labute approximate surface area is 197 Å². The molecule has 0 N–H and O–H groups in total. The molecule has 3 aromatic rings. The van der Waals surface area contributed by atoms with Crippen LogP contribution in [0.3, 0.4) is 0 Å². The molecule has 168 valence electrons. The topological polar surface area (TPSA) is 58.4 Å². The van der Waals surface area contributed by atoms with Gasteiger partial charge in [-0.2, -0.15) is 0 Å². The van der Waals surface area contributed by atoms with Crippen molar-refractivity contribution in [2.24, 2.45) is 0 Å². The molecule has 6 nitrogen and oxygen atoms in total. The highest BCUT2D eigenvalue weighted by Gasteiger charge is 2.27. The summed E-state index contributed by atoms with van der Waals surface area (Å²) in [6.45, 7) is 10.2. The third kappa shape index (κ3) is 4.70. The first-order valence-electron chi connectivity index (χ1n) is 10.8. The summed E-state index contributed by atoms with van der Waals surface area (Å²) in [6, 6.07) is 12.8. The fraction of sp³-hybridized carbons (Fsp3) is 0.375. The number of piperazine rings is 1. The van der Waals surface area contributed by atoms with Gasteiger partial charge in [0.1, 0.15) is 0 Å². The molecule has 8 heteroatoms. The maximum atomic E-state index is 13.5. The van der Waals surface area contributed by atoms with Crippen molar-refractivity contribution in [3.63, 3.8) is 0 Å². The van der Waals surface area contributed by atoms with Crippen molar-refractivity contribution in [2.75, 3.05) is 32.7 Å². The first-order chi connectivity index (χ1) is 15.4. The Morgan fingerprint density at radius 1 is 1.16 bits per heavy atom. The number of carbonyl (C=O) groups is 1. The predicted octanol–water partition coefficient (Wildman–Crippen LogP) is 3.99. The van der Waals surface area contributed by atoms with Gasteiger partial charge in [0.25, 0.3) is 5.56 Å². The number of nitrogens with zero attached hydrogens (tertiary/aromatic N) is 4. The van der Waals surface area contributed by atoms with Crippen LogP contribution in [-0.2, 0) is 4.79 Å². The van der Waals surface area contributed by atoms with Crippen LogP contribution in [0.5, 0.6) is 0 Å². The summed E-state index contributed by atoms with van der Waals surface area (Å²) in [5, 5.41) is 1.13. The van der Waals surface area contributed by atoms with Crippen molar-refractivity contribution in [1.29, 1.82) is 0 Å². The zero-order valence-corrected chi connectivity index (χ0v) is 20.1. The molecule has 0 aliphatic carbocycles. The molecule has 1 aliphatic rings. The minimum atomic E-state index is -0.372. The molecule has 1 aromatic heterocycles. The van der Waals surface area contributed by atoms with E-state index in [9.17, 15) is 9.59 Å². The number of carbonyl (C=O) groups excluding carboxylic acids is 1. The van der Waals surface area contributed by atoms with E-state index in [1.165, 1.54) is 11.8 Å². The Morgan fingerprint density at radius 3 is 2.59 bits per heavy atom. The fourth-order valence-corrected chi connectivity index (χ4v) is 5.14. The molecule has 0 radical (unpaired) electrons. The SMILES string of the molecule is CCN1CCN(C(=O)C(C)Sc2nc3cc(Cl)ccc3c(=O)n2-c2cccc(C)c2)CC1. The summed E-state index contributed by atoms with van der Waals surface area (Å²) in [5.74, 6) is 0.0713. The van der Waals surface area contributed by atoms with Gasteiger partial charge in [0.05, 0.1) is 21.8 Å². The number of aromatic nitrogens is 2. The summed E-state index contributed by atoms with van der Waals surface area (Å²) >= 11 is 7.48. The molecular formula is C24H27ClN4O2S. The van der Waals surface area contributed by atoms with Crippen molar-refractivity contribution in [1.82, 2.24) is 19.4 Å². The molecule has 1 saturated heterocycles. The second-order valence-electron chi connectivity index (χ2n) is 8.06. The lowest BCUT2D eigenvalue weighted by Crippen LogP contribution is -2.50. The lowest BCUT2D eigenvalue weighted by molar-refractivity contribution is -0.132. The van der Waals surface area contributed by atoms with E-state index in [-0.39, 0.29) is 16.7 Å². The van der Waals surface area contributed by atoms with E-state index in [2.05, 4.69) is 11.8 Å². The van der Waals surface area contributed by atoms with E-state index < -0.39 is 0 Å². The average molecular weight is 471 g/mol. The van der Waals surface area contributed by atoms with E-state index >= 15 is 0 Å². The van der Waals surface area contributed by atoms with Crippen molar-refractivity contribution in [2.45, 2.75) is 31.2 Å². The van der Waals surface area contributed by atoms with Crippen LogP contribution in [0.25, 0.3) is 16.6 Å². The minimum absolute atomic E-state index is 0.0713. The Balaban J connectivity index is 1.71. The largest absolute Gasteiger partial charge is 0.339 e. The summed E-state index contributed by atoms with van der Waals surface area (Å²) in [5.41, 5.74) is 2.14. The number of thioether (sulfide) groups is 1. The van der Waals surface area contributed by atoms with Crippen LogP contribution in [-0.4, -0.2) is 63.2 Å². The highest BCUT2D eigenvalue weighted by Crippen LogP contribution is 2.27. The smallest absolute Gasteiger partial charge is 0.266 e. The standard InChI is InChI=1S/C24H27ClN4O2S/c1-4-27-10-12-28(13-11-27)22(30)17(3)32-24-26-21-15-18(25)8-9-20(21)23(31)29(24)19-7-5-6-16(2)14-19/h5-9,14-15,17H,4,10-13H2,1-3H3. The maximum Gasteiger partial charge on any atom is 0.266 e. The van der Waals surface area contributed by atoms with Gasteiger partial charge < -0.3 is 9.80 Å². The molecule has 0 bridgehead atoms. The highest BCUT2D eigenvalue weighted by atomic mass is 35.5. The van der Waals surface area contributed by atoms with Gasteiger partial charge in [0.15, 0.2) is 5.16 Å². The van der Waals surface area contributed by atoms with Gasteiger partial charge in [-0.15, -0.1) is 0 Å². The van der Waals surface area contributed by atoms with E-state index in [0.29, 0.717) is 21.1 Å². The van der Waals surface area contributed by atoms with Crippen LogP contribution in [0, 0.1) is 6.92 Å². The Morgan fingerprint density at radius 2 is 1.91 bits per heavy atom. The van der Waals surface area contributed by atoms with Gasteiger partial charge in [-0.3, -0.25) is 14.2 Å². The molecule has 2 aromatic carbocycles. The minimum Gasteiger partial charge on any atom is -0.339 e. The molecule has 1 aliphatic heterocycles. The highest BCUT2D eigenvalue weighted by molar-refractivity contribution is 8.00. The van der Waals surface area contributed by atoms with Crippen molar-refractivity contribution >= 4 is 40.2 Å². The quantitative estimate of drug-likeness (QED) is 0.417. The summed E-state index contributed by atoms with van der Waals surface area (Å²) in [7, 11) is 0. The lowest BCUT2D eigenvalue weighted by atomic mass is 10.2. The normalized spacial score (nSPS) is 15.8. The molecule has 2 heterocycles. The van der Waals surface area contributed by atoms with Crippen LogP contribution in [0.15, 0.2) is 52.4 Å². The van der Waals surface area contributed by atoms with Gasteiger partial charge in [0, 0.05) is 31.2 Å². The zero-order valence-electron chi connectivity index (χ0n) is 18.5. The molecule has 4 rings (SSSR count). The van der Waals surface area contributed by atoms with Crippen LogP contribution in [0.4, 0.5) is 0 Å². The Hall–Kier alpha value is -2.35. The predicted molar refractivity (Wildman–Crippen MR) is 131 cm³/mol. The van der Waals surface area contributed by atoms with Gasteiger partial charge in [0.2, 0.25) is 5.91 Å². The number of halogens is 1. The molecule has 1 fully saturated rings. The van der Waals surface area contributed by atoms with Crippen LogP contribution >= 0.6 is 23.4 Å². The average Bonchev–Trinajstić information content (AvgIpc) is 2.78. The molecule has 1 amide bonds. The number of benzene rings is 2. The first kappa shape index (κ1) is 22.8. The molecule has 0 saturated carbocycles. The molecule has 32 heavy (non-hydrogen) atoms. The van der Waals surface area contributed by atoms with Crippen LogP contribution in [0.1, 0.15) is 19.4 Å². The molecular weight excluding hydrogens is 444 g/mol. The van der Waals surface area contributed by atoms with Gasteiger partial charge in [-0.05, 0) is 56.3 Å². The van der Waals surface area contributed by atoms with Crippen LogP contribution < -0.4 is 5.56 Å². The lowest BCUT2D eigenvalue weighted by Gasteiger charge is -2.35. The van der Waals surface area contributed by atoms with E-state index in [1.54, 1.807) is 22.8 Å². The van der Waals surface area contributed by atoms with Crippen molar-refractivity contribution < 1.29 is 4.79 Å². The Kier molecular flexibility index (Phi) is 6.88.